The van der Waals surface area contributed by atoms with Crippen LogP contribution in [0, 0.1) is 11.3 Å². The van der Waals surface area contributed by atoms with Gasteiger partial charge in [-0.25, -0.2) is 4.98 Å². The van der Waals surface area contributed by atoms with E-state index in [0.29, 0.717) is 35.0 Å². The van der Waals surface area contributed by atoms with Gasteiger partial charge in [0.15, 0.2) is 5.82 Å². The number of hydrogen-bond donors (Lipinski definition) is 1. The quantitative estimate of drug-likeness (QED) is 0.376. The van der Waals surface area contributed by atoms with Crippen molar-refractivity contribution in [1.29, 1.82) is 0 Å². The molecule has 0 aliphatic carbocycles. The molecule has 2 saturated heterocycles. The second-order valence-electron chi connectivity index (χ2n) is 12.1. The van der Waals surface area contributed by atoms with Gasteiger partial charge in [-0.05, 0) is 64.8 Å². The minimum atomic E-state index is -0.181. The van der Waals surface area contributed by atoms with E-state index in [9.17, 15) is 4.79 Å². The van der Waals surface area contributed by atoms with Crippen molar-refractivity contribution in [2.75, 3.05) is 64.9 Å². The Labute approximate surface area is 239 Å². The van der Waals surface area contributed by atoms with Crippen LogP contribution in [0.5, 0.6) is 11.6 Å². The van der Waals surface area contributed by atoms with Gasteiger partial charge in [-0.3, -0.25) is 9.69 Å². The Hall–Kier alpha value is -2.82. The lowest BCUT2D eigenvalue weighted by Gasteiger charge is -2.53. The number of methoxy groups -OCH3 is 1. The molecule has 0 radical (unpaired) electrons. The van der Waals surface area contributed by atoms with E-state index in [1.807, 2.05) is 26.0 Å². The molecule has 0 saturated carbocycles. The molecule has 4 rings (SSSR count). The molecule has 2 aliphatic heterocycles. The fourth-order valence-corrected chi connectivity index (χ4v) is 6.02. The predicted octanol–water partition coefficient (Wildman–Crippen LogP) is 3.70. The number of ether oxygens (including phenoxy) is 2. The number of para-hydroxylation sites is 1. The number of hydrogen-bond acceptors (Lipinski definition) is 9. The Balaban J connectivity index is 1.37. The summed E-state index contributed by atoms with van der Waals surface area (Å²) in [5.74, 6) is 1.90. The van der Waals surface area contributed by atoms with Gasteiger partial charge < -0.3 is 24.6 Å². The van der Waals surface area contributed by atoms with Crippen LogP contribution in [0.3, 0.4) is 0 Å². The largest absolute Gasteiger partial charge is 0.434 e. The molecule has 0 bridgehead atoms. The first-order chi connectivity index (χ1) is 19.2. The third-order valence-corrected chi connectivity index (χ3v) is 8.10. The van der Waals surface area contributed by atoms with Crippen molar-refractivity contribution in [3.63, 3.8) is 0 Å². The van der Waals surface area contributed by atoms with E-state index in [2.05, 4.69) is 56.1 Å². The average molecular weight is 554 g/mol. The SMILES string of the molecule is COCCN(C)CCCC(C(C)C)N1CC2(CCN(c3ncnnc3Oc3ccccc3C(=O)NC(C)C)C2)C1. The van der Waals surface area contributed by atoms with Gasteiger partial charge in [0.1, 0.15) is 12.1 Å². The minimum absolute atomic E-state index is 0.0228. The fraction of sp³-hybridized carbons (Fsp3) is 0.667. The highest BCUT2D eigenvalue weighted by atomic mass is 16.5. The van der Waals surface area contributed by atoms with Crippen molar-refractivity contribution in [1.82, 2.24) is 30.3 Å². The van der Waals surface area contributed by atoms with E-state index >= 15 is 0 Å². The molecule has 1 N–H and O–H groups in total. The van der Waals surface area contributed by atoms with Crippen molar-refractivity contribution in [2.24, 2.45) is 11.3 Å². The molecule has 2 aliphatic rings. The predicted molar refractivity (Wildman–Crippen MR) is 157 cm³/mol. The number of likely N-dealkylation sites (tertiary alicyclic amines) is 1. The first-order valence-corrected chi connectivity index (χ1v) is 14.6. The van der Waals surface area contributed by atoms with Crippen LogP contribution in [0.15, 0.2) is 30.6 Å². The zero-order chi connectivity index (χ0) is 28.7. The standard InChI is InChI=1S/C30H47N7O3/c1-22(2)25(11-9-14-35(5)16-17-39-6)37-19-30(20-37)13-15-36(18-30)27-29(34-32-21-31-27)40-26-12-8-7-10-24(26)28(38)33-23(3)4/h7-8,10,12,21-23,25H,9,11,13-20H2,1-6H3,(H,33,38). The topological polar surface area (TPSA) is 96.0 Å². The van der Waals surface area contributed by atoms with Crippen LogP contribution in [0.4, 0.5) is 5.82 Å². The average Bonchev–Trinajstić information content (AvgIpc) is 3.35. The molecule has 1 spiro atoms. The second kappa shape index (κ2) is 13.7. The first-order valence-electron chi connectivity index (χ1n) is 14.6. The number of aromatic nitrogens is 3. The highest BCUT2D eigenvalue weighted by Crippen LogP contribution is 2.44. The summed E-state index contributed by atoms with van der Waals surface area (Å²) in [5, 5.41) is 11.2. The van der Waals surface area contributed by atoms with Crippen LogP contribution < -0.4 is 15.0 Å². The molecule has 10 heteroatoms. The van der Waals surface area contributed by atoms with Gasteiger partial charge in [-0.15, -0.1) is 10.2 Å². The van der Waals surface area contributed by atoms with Crippen LogP contribution in [-0.2, 0) is 4.74 Å². The molecular weight excluding hydrogens is 506 g/mol. The van der Waals surface area contributed by atoms with E-state index < -0.39 is 0 Å². The Morgan fingerprint density at radius 3 is 2.65 bits per heavy atom. The third kappa shape index (κ3) is 7.47. The van der Waals surface area contributed by atoms with Gasteiger partial charge >= 0.3 is 0 Å². The van der Waals surface area contributed by atoms with Crippen LogP contribution in [0.1, 0.15) is 57.3 Å². The van der Waals surface area contributed by atoms with Crippen LogP contribution in [-0.4, -0.2) is 103 Å². The van der Waals surface area contributed by atoms with Crippen molar-refractivity contribution in [3.8, 4) is 11.6 Å². The number of rotatable bonds is 14. The number of carbonyl (C=O) groups excluding carboxylic acids is 1. The summed E-state index contributed by atoms with van der Waals surface area (Å²) in [6.45, 7) is 15.5. The second-order valence-corrected chi connectivity index (χ2v) is 12.1. The molecule has 1 amide bonds. The van der Waals surface area contributed by atoms with E-state index in [0.717, 1.165) is 52.3 Å². The molecule has 3 heterocycles. The zero-order valence-electron chi connectivity index (χ0n) is 25.1. The maximum absolute atomic E-state index is 12.7. The summed E-state index contributed by atoms with van der Waals surface area (Å²) < 4.78 is 11.4. The van der Waals surface area contributed by atoms with E-state index in [1.54, 1.807) is 19.2 Å². The highest BCUT2D eigenvalue weighted by Gasteiger charge is 2.50. The molecular formula is C30H47N7O3. The maximum atomic E-state index is 12.7. The molecule has 2 fully saturated rings. The van der Waals surface area contributed by atoms with Gasteiger partial charge in [-0.1, -0.05) is 26.0 Å². The van der Waals surface area contributed by atoms with Crippen molar-refractivity contribution in [2.45, 2.75) is 59.0 Å². The number of nitrogens with zero attached hydrogens (tertiary/aromatic N) is 6. The van der Waals surface area contributed by atoms with E-state index in [4.69, 9.17) is 9.47 Å². The molecule has 220 valence electrons. The van der Waals surface area contributed by atoms with Crippen molar-refractivity contribution < 1.29 is 14.3 Å². The summed E-state index contributed by atoms with van der Waals surface area (Å²) in [5.41, 5.74) is 0.726. The van der Waals surface area contributed by atoms with E-state index in [1.165, 1.54) is 19.2 Å². The Bertz CT molecular complexity index is 1110. The lowest BCUT2D eigenvalue weighted by Crippen LogP contribution is -2.62. The lowest BCUT2D eigenvalue weighted by molar-refractivity contribution is -0.0345. The maximum Gasteiger partial charge on any atom is 0.282 e. The lowest BCUT2D eigenvalue weighted by atomic mass is 9.76. The summed E-state index contributed by atoms with van der Waals surface area (Å²) >= 11 is 0. The van der Waals surface area contributed by atoms with Gasteiger partial charge in [0, 0.05) is 57.3 Å². The number of benzene rings is 1. The Morgan fingerprint density at radius 1 is 1.15 bits per heavy atom. The van der Waals surface area contributed by atoms with Gasteiger partial charge in [0.2, 0.25) is 0 Å². The van der Waals surface area contributed by atoms with Crippen LogP contribution in [0.25, 0.3) is 0 Å². The monoisotopic (exact) mass is 553 g/mol. The Morgan fingerprint density at radius 2 is 1.93 bits per heavy atom. The van der Waals surface area contributed by atoms with Gasteiger partial charge in [0.25, 0.3) is 11.8 Å². The number of nitrogens with one attached hydrogen (secondary N) is 1. The molecule has 1 unspecified atom stereocenters. The number of amides is 1. The molecule has 2 aromatic rings. The molecule has 1 atom stereocenters. The highest BCUT2D eigenvalue weighted by molar-refractivity contribution is 5.97. The van der Waals surface area contributed by atoms with Crippen molar-refractivity contribution in [3.05, 3.63) is 36.2 Å². The summed E-state index contributed by atoms with van der Waals surface area (Å²) in [6, 6.07) is 7.84. The summed E-state index contributed by atoms with van der Waals surface area (Å²) in [6.07, 6.45) is 5.00. The van der Waals surface area contributed by atoms with Gasteiger partial charge in [0.05, 0.1) is 12.2 Å². The van der Waals surface area contributed by atoms with Crippen molar-refractivity contribution >= 4 is 11.7 Å². The summed E-state index contributed by atoms with van der Waals surface area (Å²) in [4.78, 5) is 24.6. The first kappa shape index (κ1) is 30.1. The molecule has 1 aromatic heterocycles. The third-order valence-electron chi connectivity index (χ3n) is 8.10. The van der Waals surface area contributed by atoms with Crippen LogP contribution in [0.2, 0.25) is 0 Å². The number of anilines is 1. The zero-order valence-corrected chi connectivity index (χ0v) is 25.1. The number of carbonyl (C=O) groups is 1. The normalized spacial score (nSPS) is 17.6. The van der Waals surface area contributed by atoms with Gasteiger partial charge in [-0.2, -0.15) is 0 Å². The number of likely N-dealkylation sites (N-methyl/N-ethyl adjacent to an activating group) is 1. The fourth-order valence-electron chi connectivity index (χ4n) is 6.02. The minimum Gasteiger partial charge on any atom is -0.434 e. The molecule has 10 nitrogen and oxygen atoms in total. The Kier molecular flexibility index (Phi) is 10.3. The van der Waals surface area contributed by atoms with Crippen LogP contribution >= 0.6 is 0 Å². The molecule has 1 aromatic carbocycles. The summed E-state index contributed by atoms with van der Waals surface area (Å²) in [7, 11) is 3.93. The molecule has 40 heavy (non-hydrogen) atoms. The smallest absolute Gasteiger partial charge is 0.282 e. The van der Waals surface area contributed by atoms with E-state index in [-0.39, 0.29) is 17.4 Å².